The van der Waals surface area contributed by atoms with Crippen molar-refractivity contribution in [2.75, 3.05) is 31.7 Å². The van der Waals surface area contributed by atoms with Gasteiger partial charge in [-0.25, -0.2) is 4.98 Å². The number of anilines is 1. The first-order chi connectivity index (χ1) is 9.78. The van der Waals surface area contributed by atoms with Crippen LogP contribution < -0.4 is 5.32 Å². The SMILES string of the molecule is CCOC(=O)Cc1csc(NCCCOCC2CC2)n1. The largest absolute Gasteiger partial charge is 0.466 e. The van der Waals surface area contributed by atoms with Crippen LogP contribution >= 0.6 is 11.3 Å². The number of rotatable bonds is 10. The van der Waals surface area contributed by atoms with Crippen molar-refractivity contribution in [2.24, 2.45) is 5.92 Å². The average Bonchev–Trinajstić information content (AvgIpc) is 3.14. The van der Waals surface area contributed by atoms with Crippen molar-refractivity contribution in [1.29, 1.82) is 0 Å². The summed E-state index contributed by atoms with van der Waals surface area (Å²) in [6, 6.07) is 0. The van der Waals surface area contributed by atoms with Crippen LogP contribution in [0.3, 0.4) is 0 Å². The summed E-state index contributed by atoms with van der Waals surface area (Å²) in [6.07, 6.45) is 3.89. The highest BCUT2D eigenvalue weighted by molar-refractivity contribution is 7.13. The molecule has 20 heavy (non-hydrogen) atoms. The average molecular weight is 298 g/mol. The third-order valence-electron chi connectivity index (χ3n) is 2.97. The highest BCUT2D eigenvalue weighted by Gasteiger charge is 2.20. The van der Waals surface area contributed by atoms with Crippen molar-refractivity contribution in [3.63, 3.8) is 0 Å². The number of aromatic nitrogens is 1. The Morgan fingerprint density at radius 3 is 3.15 bits per heavy atom. The molecule has 112 valence electrons. The Bertz CT molecular complexity index is 418. The molecule has 0 bridgehead atoms. The molecular weight excluding hydrogens is 276 g/mol. The standard InChI is InChI=1S/C14H22N2O3S/c1-2-19-13(17)8-12-10-20-14(16-12)15-6-3-7-18-9-11-4-5-11/h10-11H,2-9H2,1H3,(H,15,16). The van der Waals surface area contributed by atoms with E-state index >= 15 is 0 Å². The van der Waals surface area contributed by atoms with Crippen LogP contribution in [0.4, 0.5) is 5.13 Å². The molecule has 0 radical (unpaired) electrons. The van der Waals surface area contributed by atoms with Gasteiger partial charge >= 0.3 is 5.97 Å². The fourth-order valence-corrected chi connectivity index (χ4v) is 2.47. The normalized spacial score (nSPS) is 14.2. The van der Waals surface area contributed by atoms with E-state index in [0.717, 1.165) is 42.9 Å². The molecule has 1 N–H and O–H groups in total. The molecule has 0 aliphatic heterocycles. The van der Waals surface area contributed by atoms with Crippen LogP contribution in [-0.2, 0) is 20.7 Å². The van der Waals surface area contributed by atoms with Gasteiger partial charge in [0.25, 0.3) is 0 Å². The van der Waals surface area contributed by atoms with Crippen molar-refractivity contribution in [3.05, 3.63) is 11.1 Å². The fourth-order valence-electron chi connectivity index (χ4n) is 1.73. The molecule has 1 aromatic rings. The number of nitrogens with zero attached hydrogens (tertiary/aromatic N) is 1. The van der Waals surface area contributed by atoms with Crippen LogP contribution in [0.5, 0.6) is 0 Å². The second kappa shape index (κ2) is 8.21. The Balaban J connectivity index is 1.56. The molecule has 0 unspecified atom stereocenters. The summed E-state index contributed by atoms with van der Waals surface area (Å²) in [7, 11) is 0. The minimum absolute atomic E-state index is 0.224. The summed E-state index contributed by atoms with van der Waals surface area (Å²) in [6.45, 7) is 4.77. The molecule has 2 rings (SSSR count). The number of thiazole rings is 1. The molecule has 0 atom stereocenters. The maximum atomic E-state index is 11.3. The lowest BCUT2D eigenvalue weighted by Crippen LogP contribution is -2.08. The first kappa shape index (κ1) is 15.3. The maximum Gasteiger partial charge on any atom is 0.311 e. The maximum absolute atomic E-state index is 11.3. The van der Waals surface area contributed by atoms with Gasteiger partial charge < -0.3 is 14.8 Å². The van der Waals surface area contributed by atoms with Gasteiger partial charge in [-0.3, -0.25) is 4.79 Å². The molecule has 0 spiro atoms. The fraction of sp³-hybridized carbons (Fsp3) is 0.714. The third kappa shape index (κ3) is 5.88. The number of esters is 1. The topological polar surface area (TPSA) is 60.5 Å². The van der Waals surface area contributed by atoms with E-state index in [-0.39, 0.29) is 12.4 Å². The quantitative estimate of drug-likeness (QED) is 0.531. The molecule has 1 aromatic heterocycles. The molecule has 1 aliphatic carbocycles. The van der Waals surface area contributed by atoms with E-state index in [9.17, 15) is 4.79 Å². The van der Waals surface area contributed by atoms with Gasteiger partial charge in [-0.1, -0.05) is 0 Å². The molecule has 1 fully saturated rings. The third-order valence-corrected chi connectivity index (χ3v) is 3.82. The Morgan fingerprint density at radius 1 is 1.55 bits per heavy atom. The van der Waals surface area contributed by atoms with Crippen molar-refractivity contribution >= 4 is 22.4 Å². The minimum Gasteiger partial charge on any atom is -0.466 e. The monoisotopic (exact) mass is 298 g/mol. The van der Waals surface area contributed by atoms with Gasteiger partial charge in [-0.15, -0.1) is 11.3 Å². The predicted octanol–water partition coefficient (Wildman–Crippen LogP) is 2.48. The first-order valence-electron chi connectivity index (χ1n) is 7.19. The molecule has 1 aliphatic rings. The van der Waals surface area contributed by atoms with E-state index in [0.29, 0.717) is 6.61 Å². The predicted molar refractivity (Wildman–Crippen MR) is 79.1 cm³/mol. The number of hydrogen-bond acceptors (Lipinski definition) is 6. The van der Waals surface area contributed by atoms with Crippen molar-refractivity contribution in [3.8, 4) is 0 Å². The van der Waals surface area contributed by atoms with Gasteiger partial charge in [0, 0.05) is 25.1 Å². The lowest BCUT2D eigenvalue weighted by Gasteiger charge is -2.04. The summed E-state index contributed by atoms with van der Waals surface area (Å²) in [4.78, 5) is 15.7. The van der Waals surface area contributed by atoms with Crippen molar-refractivity contribution < 1.29 is 14.3 Å². The Morgan fingerprint density at radius 2 is 2.40 bits per heavy atom. The Labute approximate surface area is 123 Å². The zero-order valence-corrected chi connectivity index (χ0v) is 12.7. The number of hydrogen-bond donors (Lipinski definition) is 1. The smallest absolute Gasteiger partial charge is 0.311 e. The number of carbonyl (C=O) groups is 1. The minimum atomic E-state index is -0.224. The molecule has 0 saturated heterocycles. The van der Waals surface area contributed by atoms with Crippen LogP contribution in [0.15, 0.2) is 5.38 Å². The van der Waals surface area contributed by atoms with E-state index in [4.69, 9.17) is 9.47 Å². The number of carbonyl (C=O) groups excluding carboxylic acids is 1. The van der Waals surface area contributed by atoms with Gasteiger partial charge in [-0.05, 0) is 32.1 Å². The summed E-state index contributed by atoms with van der Waals surface area (Å²) in [5.74, 6) is 0.602. The number of ether oxygens (including phenoxy) is 2. The van der Waals surface area contributed by atoms with Crippen molar-refractivity contribution in [2.45, 2.75) is 32.6 Å². The van der Waals surface area contributed by atoms with Crippen LogP contribution in [-0.4, -0.2) is 37.3 Å². The van der Waals surface area contributed by atoms with E-state index in [1.54, 1.807) is 6.92 Å². The van der Waals surface area contributed by atoms with Crippen LogP contribution in [0.1, 0.15) is 31.9 Å². The zero-order chi connectivity index (χ0) is 14.2. The van der Waals surface area contributed by atoms with Gasteiger partial charge in [-0.2, -0.15) is 0 Å². The lowest BCUT2D eigenvalue weighted by molar-refractivity contribution is -0.142. The summed E-state index contributed by atoms with van der Waals surface area (Å²) in [5.41, 5.74) is 0.765. The molecule has 0 aromatic carbocycles. The molecule has 0 amide bonds. The Hall–Kier alpha value is -1.14. The molecule has 6 heteroatoms. The van der Waals surface area contributed by atoms with Gasteiger partial charge in [0.15, 0.2) is 5.13 Å². The van der Waals surface area contributed by atoms with E-state index in [2.05, 4.69) is 10.3 Å². The Kier molecular flexibility index (Phi) is 6.26. The summed E-state index contributed by atoms with van der Waals surface area (Å²) >= 11 is 1.52. The molecular formula is C14H22N2O3S. The molecule has 5 nitrogen and oxygen atoms in total. The number of nitrogens with one attached hydrogen (secondary N) is 1. The highest BCUT2D eigenvalue weighted by Crippen LogP contribution is 2.28. The van der Waals surface area contributed by atoms with Gasteiger partial charge in [0.05, 0.1) is 18.7 Å². The van der Waals surface area contributed by atoms with Crippen LogP contribution in [0.2, 0.25) is 0 Å². The second-order valence-corrected chi connectivity index (χ2v) is 5.78. The van der Waals surface area contributed by atoms with E-state index in [1.165, 1.54) is 24.2 Å². The van der Waals surface area contributed by atoms with E-state index < -0.39 is 0 Å². The zero-order valence-electron chi connectivity index (χ0n) is 11.9. The van der Waals surface area contributed by atoms with Crippen LogP contribution in [0, 0.1) is 5.92 Å². The van der Waals surface area contributed by atoms with Gasteiger partial charge in [0.1, 0.15) is 0 Å². The van der Waals surface area contributed by atoms with Crippen LogP contribution in [0.25, 0.3) is 0 Å². The second-order valence-electron chi connectivity index (χ2n) is 4.92. The molecule has 1 heterocycles. The highest BCUT2D eigenvalue weighted by atomic mass is 32.1. The summed E-state index contributed by atoms with van der Waals surface area (Å²) < 4.78 is 10.5. The summed E-state index contributed by atoms with van der Waals surface area (Å²) in [5, 5.41) is 5.99. The lowest BCUT2D eigenvalue weighted by atomic mass is 10.3. The molecule has 1 saturated carbocycles. The van der Waals surface area contributed by atoms with Crippen molar-refractivity contribution in [1.82, 2.24) is 4.98 Å². The van der Waals surface area contributed by atoms with E-state index in [1.807, 2.05) is 5.38 Å². The van der Waals surface area contributed by atoms with Gasteiger partial charge in [0.2, 0.25) is 0 Å². The first-order valence-corrected chi connectivity index (χ1v) is 8.07.